The molecular formula is C13H14ClF4N. The maximum absolute atomic E-state index is 13.7. The first-order chi connectivity index (χ1) is 8.62. The van der Waals surface area contributed by atoms with Gasteiger partial charge in [0.2, 0.25) is 0 Å². The maximum atomic E-state index is 13.7. The number of hydrogen-bond acceptors (Lipinski definition) is 1. The number of rotatable bonds is 2. The molecule has 1 N–H and O–H groups in total. The molecule has 1 aliphatic rings. The molecule has 2 unspecified atom stereocenters. The lowest BCUT2D eigenvalue weighted by Gasteiger charge is -2.49. The highest BCUT2D eigenvalue weighted by molar-refractivity contribution is 6.21. The average molecular weight is 296 g/mol. The van der Waals surface area contributed by atoms with Gasteiger partial charge in [0.25, 0.3) is 0 Å². The molecule has 0 aromatic heterocycles. The van der Waals surface area contributed by atoms with Crippen LogP contribution in [-0.2, 0) is 6.18 Å². The Morgan fingerprint density at radius 2 is 1.95 bits per heavy atom. The van der Waals surface area contributed by atoms with Gasteiger partial charge in [-0.1, -0.05) is 13.8 Å². The molecule has 1 nitrogen and oxygen atoms in total. The monoisotopic (exact) mass is 295 g/mol. The van der Waals surface area contributed by atoms with Crippen molar-refractivity contribution in [3.63, 3.8) is 0 Å². The number of nitrogens with one attached hydrogen (secondary N) is 1. The average Bonchev–Trinajstić information content (AvgIpc) is 2.29. The molecule has 0 aliphatic heterocycles. The van der Waals surface area contributed by atoms with Crippen LogP contribution in [0.4, 0.5) is 23.2 Å². The fourth-order valence-electron chi connectivity index (χ4n) is 2.11. The van der Waals surface area contributed by atoms with Crippen LogP contribution < -0.4 is 5.32 Å². The summed E-state index contributed by atoms with van der Waals surface area (Å²) in [5, 5.41) is 2.91. The van der Waals surface area contributed by atoms with Gasteiger partial charge < -0.3 is 5.32 Å². The Morgan fingerprint density at radius 3 is 2.37 bits per heavy atom. The Labute approximate surface area is 113 Å². The molecule has 1 saturated carbocycles. The molecule has 0 spiro atoms. The molecule has 106 valence electrons. The van der Waals surface area contributed by atoms with E-state index < -0.39 is 17.6 Å². The van der Waals surface area contributed by atoms with E-state index in [1.807, 2.05) is 13.8 Å². The second kappa shape index (κ2) is 4.54. The number of alkyl halides is 4. The molecule has 1 aliphatic carbocycles. The normalized spacial score (nSPS) is 25.8. The van der Waals surface area contributed by atoms with Crippen molar-refractivity contribution in [1.82, 2.24) is 0 Å². The van der Waals surface area contributed by atoms with Gasteiger partial charge in [-0.05, 0) is 24.6 Å². The lowest BCUT2D eigenvalue weighted by Crippen LogP contribution is -2.54. The molecule has 0 heterocycles. The highest BCUT2D eigenvalue weighted by Crippen LogP contribution is 2.46. The van der Waals surface area contributed by atoms with Gasteiger partial charge in [0.1, 0.15) is 5.82 Å². The van der Waals surface area contributed by atoms with Crippen LogP contribution in [0.15, 0.2) is 18.2 Å². The first-order valence-electron chi connectivity index (χ1n) is 5.89. The summed E-state index contributed by atoms with van der Waals surface area (Å²) < 4.78 is 50.9. The zero-order valence-corrected chi connectivity index (χ0v) is 11.2. The van der Waals surface area contributed by atoms with Crippen molar-refractivity contribution >= 4 is 17.3 Å². The lowest BCUT2D eigenvalue weighted by atomic mass is 9.66. The SMILES string of the molecule is CC1(C)C(Cl)CC1Nc1ccc(C(F)(F)F)cc1F. The van der Waals surface area contributed by atoms with Crippen molar-refractivity contribution in [3.8, 4) is 0 Å². The lowest BCUT2D eigenvalue weighted by molar-refractivity contribution is -0.137. The van der Waals surface area contributed by atoms with Gasteiger partial charge in [0.15, 0.2) is 0 Å². The standard InChI is InChI=1S/C13H14ClF4N/c1-12(2)10(14)6-11(12)19-9-4-3-7(5-8(9)15)13(16,17)18/h3-5,10-11,19H,6H2,1-2H3. The summed E-state index contributed by atoms with van der Waals surface area (Å²) in [6.07, 6.45) is -3.87. The van der Waals surface area contributed by atoms with Gasteiger partial charge in [-0.2, -0.15) is 13.2 Å². The van der Waals surface area contributed by atoms with E-state index >= 15 is 0 Å². The summed E-state index contributed by atoms with van der Waals surface area (Å²) in [5.74, 6) is -0.899. The third-order valence-electron chi connectivity index (χ3n) is 3.77. The van der Waals surface area contributed by atoms with E-state index in [1.54, 1.807) is 0 Å². The molecule has 2 atom stereocenters. The van der Waals surface area contributed by atoms with Gasteiger partial charge in [-0.15, -0.1) is 11.6 Å². The van der Waals surface area contributed by atoms with E-state index in [0.717, 1.165) is 12.1 Å². The van der Waals surface area contributed by atoms with Crippen LogP contribution in [0.1, 0.15) is 25.8 Å². The summed E-state index contributed by atoms with van der Waals surface area (Å²) in [6, 6.07) is 2.46. The van der Waals surface area contributed by atoms with Gasteiger partial charge in [-0.3, -0.25) is 0 Å². The summed E-state index contributed by atoms with van der Waals surface area (Å²) in [6.45, 7) is 3.88. The largest absolute Gasteiger partial charge is 0.416 e. The highest BCUT2D eigenvalue weighted by atomic mass is 35.5. The van der Waals surface area contributed by atoms with Crippen molar-refractivity contribution in [2.45, 2.75) is 37.9 Å². The van der Waals surface area contributed by atoms with Gasteiger partial charge in [-0.25, -0.2) is 4.39 Å². The molecule has 6 heteroatoms. The van der Waals surface area contributed by atoms with E-state index in [-0.39, 0.29) is 22.5 Å². The Balaban J connectivity index is 2.15. The third-order valence-corrected chi connectivity index (χ3v) is 4.51. The summed E-state index contributed by atoms with van der Waals surface area (Å²) in [5.41, 5.74) is -1.12. The molecule has 0 radical (unpaired) electrons. The van der Waals surface area contributed by atoms with Crippen molar-refractivity contribution in [2.75, 3.05) is 5.32 Å². The first kappa shape index (κ1) is 14.4. The van der Waals surface area contributed by atoms with Crippen LogP contribution in [0.25, 0.3) is 0 Å². The summed E-state index contributed by atoms with van der Waals surface area (Å²) in [7, 11) is 0. The molecule has 1 fully saturated rings. The number of halogens is 5. The Kier molecular flexibility index (Phi) is 3.45. The molecule has 0 saturated heterocycles. The van der Waals surface area contributed by atoms with E-state index in [0.29, 0.717) is 12.5 Å². The fraction of sp³-hybridized carbons (Fsp3) is 0.538. The first-order valence-corrected chi connectivity index (χ1v) is 6.33. The molecule has 2 rings (SSSR count). The maximum Gasteiger partial charge on any atom is 0.416 e. The number of hydrogen-bond donors (Lipinski definition) is 1. The molecule has 1 aromatic rings. The number of benzene rings is 1. The molecule has 19 heavy (non-hydrogen) atoms. The van der Waals surface area contributed by atoms with Crippen LogP contribution in [0.3, 0.4) is 0 Å². The van der Waals surface area contributed by atoms with Crippen molar-refractivity contribution < 1.29 is 17.6 Å². The predicted octanol–water partition coefficient (Wildman–Crippen LogP) is 4.66. The quantitative estimate of drug-likeness (QED) is 0.618. The Morgan fingerprint density at radius 1 is 1.32 bits per heavy atom. The third kappa shape index (κ3) is 2.66. The summed E-state index contributed by atoms with van der Waals surface area (Å²) >= 11 is 6.04. The van der Waals surface area contributed by atoms with Crippen molar-refractivity contribution in [2.24, 2.45) is 5.41 Å². The highest BCUT2D eigenvalue weighted by Gasteiger charge is 2.47. The second-order valence-corrected chi connectivity index (χ2v) is 5.94. The van der Waals surface area contributed by atoms with Crippen molar-refractivity contribution in [3.05, 3.63) is 29.6 Å². The summed E-state index contributed by atoms with van der Waals surface area (Å²) in [4.78, 5) is 0. The van der Waals surface area contributed by atoms with Crippen LogP contribution in [0.5, 0.6) is 0 Å². The Bertz CT molecular complexity index is 484. The van der Waals surface area contributed by atoms with Gasteiger partial charge >= 0.3 is 6.18 Å². The van der Waals surface area contributed by atoms with E-state index in [1.165, 1.54) is 0 Å². The van der Waals surface area contributed by atoms with Crippen LogP contribution in [0.2, 0.25) is 0 Å². The minimum Gasteiger partial charge on any atom is -0.379 e. The van der Waals surface area contributed by atoms with E-state index in [2.05, 4.69) is 5.32 Å². The molecular weight excluding hydrogens is 282 g/mol. The van der Waals surface area contributed by atoms with E-state index in [9.17, 15) is 17.6 Å². The zero-order chi connectivity index (χ0) is 14.4. The smallest absolute Gasteiger partial charge is 0.379 e. The minimum atomic E-state index is -4.53. The van der Waals surface area contributed by atoms with Gasteiger partial charge in [0, 0.05) is 16.8 Å². The molecule has 0 amide bonds. The van der Waals surface area contributed by atoms with Crippen molar-refractivity contribution in [1.29, 1.82) is 0 Å². The molecule has 1 aromatic carbocycles. The van der Waals surface area contributed by atoms with Gasteiger partial charge in [0.05, 0.1) is 11.3 Å². The number of anilines is 1. The molecule has 0 bridgehead atoms. The van der Waals surface area contributed by atoms with Crippen LogP contribution in [-0.4, -0.2) is 11.4 Å². The Hall–Kier alpha value is -0.970. The fourth-order valence-corrected chi connectivity index (χ4v) is 2.44. The van der Waals surface area contributed by atoms with Crippen LogP contribution >= 0.6 is 11.6 Å². The van der Waals surface area contributed by atoms with E-state index in [4.69, 9.17) is 11.6 Å². The minimum absolute atomic E-state index is 0.0116. The van der Waals surface area contributed by atoms with Crippen LogP contribution in [0, 0.1) is 11.2 Å². The zero-order valence-electron chi connectivity index (χ0n) is 10.5. The second-order valence-electron chi connectivity index (χ2n) is 5.41. The topological polar surface area (TPSA) is 12.0 Å². The predicted molar refractivity (Wildman–Crippen MR) is 66.9 cm³/mol.